The molecule has 0 aliphatic carbocycles. The van der Waals surface area contributed by atoms with Crippen LogP contribution >= 0.6 is 35.3 Å². The molecule has 1 saturated heterocycles. The SMILES string of the molecule is CN=C(NCC1CCN(Cc2nc(C)c(C)o2)CC1)N(C)Cc1csc(C)n1.I. The first-order valence-corrected chi connectivity index (χ1v) is 10.8. The largest absolute Gasteiger partial charge is 0.444 e. The van der Waals surface area contributed by atoms with Crippen molar-refractivity contribution in [2.45, 2.75) is 46.7 Å². The van der Waals surface area contributed by atoms with Gasteiger partial charge in [0.1, 0.15) is 5.76 Å². The van der Waals surface area contributed by atoms with E-state index in [1.165, 1.54) is 12.8 Å². The second kappa shape index (κ2) is 11.3. The van der Waals surface area contributed by atoms with Crippen molar-refractivity contribution in [1.29, 1.82) is 0 Å². The number of hydrogen-bond acceptors (Lipinski definition) is 6. The van der Waals surface area contributed by atoms with Crippen LogP contribution in [0.4, 0.5) is 0 Å². The number of nitrogens with one attached hydrogen (secondary N) is 1. The number of aryl methyl sites for hydroxylation is 3. The van der Waals surface area contributed by atoms with Crippen LogP contribution in [0.5, 0.6) is 0 Å². The minimum atomic E-state index is 0. The third-order valence-corrected chi connectivity index (χ3v) is 6.15. The summed E-state index contributed by atoms with van der Waals surface area (Å²) >= 11 is 1.69. The molecule has 9 heteroatoms. The normalized spacial score (nSPS) is 16.0. The van der Waals surface area contributed by atoms with Gasteiger partial charge in [-0.2, -0.15) is 0 Å². The lowest BCUT2D eigenvalue weighted by molar-refractivity contribution is 0.163. The number of rotatable bonds is 6. The molecule has 1 fully saturated rings. The van der Waals surface area contributed by atoms with Crippen molar-refractivity contribution in [3.8, 4) is 0 Å². The summed E-state index contributed by atoms with van der Waals surface area (Å²) in [4.78, 5) is 18.1. The zero-order chi connectivity index (χ0) is 20.1. The quantitative estimate of drug-likeness (QED) is 0.349. The fourth-order valence-electron chi connectivity index (χ4n) is 3.57. The minimum Gasteiger partial charge on any atom is -0.444 e. The average molecular weight is 532 g/mol. The highest BCUT2D eigenvalue weighted by molar-refractivity contribution is 14.0. The maximum atomic E-state index is 5.72. The van der Waals surface area contributed by atoms with Crippen LogP contribution < -0.4 is 5.32 Å². The van der Waals surface area contributed by atoms with Crippen molar-refractivity contribution in [3.05, 3.63) is 33.4 Å². The summed E-state index contributed by atoms with van der Waals surface area (Å²) in [5.74, 6) is 3.36. The Morgan fingerprint density at radius 1 is 1.31 bits per heavy atom. The highest BCUT2D eigenvalue weighted by atomic mass is 127. The number of halogens is 1. The summed E-state index contributed by atoms with van der Waals surface area (Å²) in [5.41, 5.74) is 2.09. The van der Waals surface area contributed by atoms with Gasteiger partial charge < -0.3 is 14.6 Å². The van der Waals surface area contributed by atoms with E-state index in [4.69, 9.17) is 4.42 Å². The highest BCUT2D eigenvalue weighted by Gasteiger charge is 2.21. The van der Waals surface area contributed by atoms with Gasteiger partial charge in [0.25, 0.3) is 0 Å². The molecule has 29 heavy (non-hydrogen) atoms. The van der Waals surface area contributed by atoms with Crippen LogP contribution in [0, 0.1) is 26.7 Å². The van der Waals surface area contributed by atoms with Gasteiger partial charge in [-0.1, -0.05) is 0 Å². The maximum absolute atomic E-state index is 5.72. The van der Waals surface area contributed by atoms with Crippen molar-refractivity contribution in [2.24, 2.45) is 10.9 Å². The molecule has 162 valence electrons. The van der Waals surface area contributed by atoms with Gasteiger partial charge >= 0.3 is 0 Å². The minimum absolute atomic E-state index is 0. The van der Waals surface area contributed by atoms with E-state index in [1.54, 1.807) is 11.3 Å². The number of oxazole rings is 1. The lowest BCUT2D eigenvalue weighted by atomic mass is 9.97. The Morgan fingerprint density at radius 3 is 2.59 bits per heavy atom. The van der Waals surface area contributed by atoms with Crippen molar-refractivity contribution in [2.75, 3.05) is 33.7 Å². The Morgan fingerprint density at radius 2 is 2.03 bits per heavy atom. The number of guanidine groups is 1. The van der Waals surface area contributed by atoms with Gasteiger partial charge in [0.15, 0.2) is 5.96 Å². The topological polar surface area (TPSA) is 69.8 Å². The van der Waals surface area contributed by atoms with Gasteiger partial charge in [-0.25, -0.2) is 9.97 Å². The third-order valence-electron chi connectivity index (χ3n) is 5.33. The smallest absolute Gasteiger partial charge is 0.208 e. The van der Waals surface area contributed by atoms with Crippen molar-refractivity contribution in [1.82, 2.24) is 25.1 Å². The van der Waals surface area contributed by atoms with Gasteiger partial charge in [0, 0.05) is 26.0 Å². The van der Waals surface area contributed by atoms with Crippen LogP contribution in [0.25, 0.3) is 0 Å². The lowest BCUT2D eigenvalue weighted by Gasteiger charge is -2.32. The molecule has 2 aromatic heterocycles. The molecule has 0 atom stereocenters. The molecule has 0 bridgehead atoms. The first-order valence-electron chi connectivity index (χ1n) is 9.92. The zero-order valence-corrected chi connectivity index (χ0v) is 21.2. The number of aliphatic imine (C=N–C) groups is 1. The molecule has 3 heterocycles. The number of piperidine rings is 1. The summed E-state index contributed by atoms with van der Waals surface area (Å²) in [6.45, 7) is 10.7. The summed E-state index contributed by atoms with van der Waals surface area (Å²) in [6.07, 6.45) is 2.36. The molecule has 0 spiro atoms. The predicted octanol–water partition coefficient (Wildman–Crippen LogP) is 3.59. The molecule has 2 aromatic rings. The van der Waals surface area contributed by atoms with Crippen LogP contribution in [-0.2, 0) is 13.1 Å². The molecule has 0 radical (unpaired) electrons. The third kappa shape index (κ3) is 6.92. The van der Waals surface area contributed by atoms with E-state index in [2.05, 4.69) is 42.5 Å². The molecule has 0 unspecified atom stereocenters. The summed E-state index contributed by atoms with van der Waals surface area (Å²) in [5, 5.41) is 6.77. The van der Waals surface area contributed by atoms with E-state index in [1.807, 2.05) is 27.8 Å². The fourth-order valence-corrected chi connectivity index (χ4v) is 4.17. The van der Waals surface area contributed by atoms with Gasteiger partial charge in [-0.05, 0) is 52.6 Å². The Balaban J connectivity index is 0.00000300. The summed E-state index contributed by atoms with van der Waals surface area (Å²) < 4.78 is 5.72. The molecule has 3 rings (SSSR count). The van der Waals surface area contributed by atoms with E-state index in [-0.39, 0.29) is 24.0 Å². The van der Waals surface area contributed by atoms with E-state index >= 15 is 0 Å². The van der Waals surface area contributed by atoms with E-state index in [0.29, 0.717) is 5.92 Å². The number of thiazole rings is 1. The van der Waals surface area contributed by atoms with E-state index in [0.717, 1.165) is 66.7 Å². The molecule has 1 N–H and O–H groups in total. The van der Waals surface area contributed by atoms with Gasteiger partial charge in [-0.3, -0.25) is 9.89 Å². The summed E-state index contributed by atoms with van der Waals surface area (Å²) in [6, 6.07) is 0. The average Bonchev–Trinajstić information content (AvgIpc) is 3.21. The van der Waals surface area contributed by atoms with Crippen molar-refractivity contribution >= 4 is 41.3 Å². The van der Waals surface area contributed by atoms with E-state index < -0.39 is 0 Å². The molecule has 1 aliphatic rings. The monoisotopic (exact) mass is 532 g/mol. The molecule has 7 nitrogen and oxygen atoms in total. The van der Waals surface area contributed by atoms with Crippen LogP contribution in [0.2, 0.25) is 0 Å². The summed E-state index contributed by atoms with van der Waals surface area (Å²) in [7, 11) is 3.90. The standard InChI is InChI=1S/C20H32N6OS.HI/c1-14-15(2)27-19(23-14)12-26-8-6-17(7-9-26)10-22-20(21-4)25(5)11-18-13-28-16(3)24-18;/h13,17H,6-12H2,1-5H3,(H,21,22);1H. The number of hydrogen-bond donors (Lipinski definition) is 1. The molecule has 1 aliphatic heterocycles. The molecule has 0 aromatic carbocycles. The van der Waals surface area contributed by atoms with Crippen LogP contribution in [0.1, 0.15) is 40.9 Å². The fraction of sp³-hybridized carbons (Fsp3) is 0.650. The molecular weight excluding hydrogens is 499 g/mol. The van der Waals surface area contributed by atoms with Crippen LogP contribution in [-0.4, -0.2) is 59.5 Å². The lowest BCUT2D eigenvalue weighted by Crippen LogP contribution is -2.43. The zero-order valence-electron chi connectivity index (χ0n) is 18.1. The van der Waals surface area contributed by atoms with Crippen molar-refractivity contribution in [3.63, 3.8) is 0 Å². The first-order chi connectivity index (χ1) is 13.4. The van der Waals surface area contributed by atoms with Gasteiger partial charge in [-0.15, -0.1) is 35.3 Å². The Labute approximate surface area is 195 Å². The second-order valence-electron chi connectivity index (χ2n) is 7.61. The first kappa shape index (κ1) is 24.1. The molecular formula is C20H33IN6OS. The van der Waals surface area contributed by atoms with E-state index in [9.17, 15) is 0 Å². The van der Waals surface area contributed by atoms with Crippen LogP contribution in [0.3, 0.4) is 0 Å². The highest BCUT2D eigenvalue weighted by Crippen LogP contribution is 2.19. The van der Waals surface area contributed by atoms with Crippen molar-refractivity contribution < 1.29 is 4.42 Å². The second-order valence-corrected chi connectivity index (χ2v) is 8.67. The maximum Gasteiger partial charge on any atom is 0.208 e. The Kier molecular flexibility index (Phi) is 9.35. The predicted molar refractivity (Wildman–Crippen MR) is 129 cm³/mol. The Bertz CT molecular complexity index is 777. The molecule has 0 amide bonds. The number of aromatic nitrogens is 2. The number of likely N-dealkylation sites (tertiary alicyclic amines) is 1. The van der Waals surface area contributed by atoms with Gasteiger partial charge in [0.05, 0.1) is 29.5 Å². The number of nitrogens with zero attached hydrogens (tertiary/aromatic N) is 5. The Hall–Kier alpha value is -1.20. The molecule has 0 saturated carbocycles. The van der Waals surface area contributed by atoms with Gasteiger partial charge in [0.2, 0.25) is 5.89 Å². The van der Waals surface area contributed by atoms with Crippen LogP contribution in [0.15, 0.2) is 14.8 Å².